The van der Waals surface area contributed by atoms with Crippen LogP contribution in [0.4, 0.5) is 0 Å². The molecule has 1 heterocycles. The first kappa shape index (κ1) is 18.7. The number of allylic oxidation sites excluding steroid dienone is 5. The van der Waals surface area contributed by atoms with Crippen LogP contribution >= 0.6 is 0 Å². The van der Waals surface area contributed by atoms with Crippen LogP contribution in [0.25, 0.3) is 6.08 Å². The van der Waals surface area contributed by atoms with Crippen LogP contribution in [0.2, 0.25) is 16.0 Å². The summed E-state index contributed by atoms with van der Waals surface area (Å²) in [6.45, 7) is 7.24. The topological polar surface area (TPSA) is 0 Å². The Kier molecular flexibility index (Phi) is 5.57. The summed E-state index contributed by atoms with van der Waals surface area (Å²) in [5, 5.41) is 0. The number of benzene rings is 1. The number of rotatable bonds is 8. The van der Waals surface area contributed by atoms with Crippen LogP contribution in [-0.2, 0) is 20.3 Å². The third-order valence-corrected chi connectivity index (χ3v) is 20.2. The third-order valence-electron chi connectivity index (χ3n) is 7.31. The first-order valence-electron chi connectivity index (χ1n) is 10.8. The summed E-state index contributed by atoms with van der Waals surface area (Å²) in [6.07, 6.45) is 15.2. The summed E-state index contributed by atoms with van der Waals surface area (Å²) < 4.78 is 5.92. The first-order chi connectivity index (χ1) is 12.7. The van der Waals surface area contributed by atoms with E-state index in [0.717, 1.165) is 9.54 Å². The molecular weight excluding hydrogens is 391 g/mol. The predicted molar refractivity (Wildman–Crippen MR) is 112 cm³/mol. The van der Waals surface area contributed by atoms with E-state index in [4.69, 9.17) is 0 Å². The van der Waals surface area contributed by atoms with Gasteiger partial charge in [0, 0.05) is 0 Å². The van der Waals surface area contributed by atoms with Crippen molar-refractivity contribution in [2.24, 2.45) is 5.92 Å². The zero-order valence-electron chi connectivity index (χ0n) is 16.8. The van der Waals surface area contributed by atoms with Crippen molar-refractivity contribution in [1.29, 1.82) is 0 Å². The molecule has 0 saturated carbocycles. The van der Waals surface area contributed by atoms with Crippen molar-refractivity contribution < 1.29 is 20.3 Å². The molecule has 1 aliphatic heterocycles. The Morgan fingerprint density at radius 2 is 1.96 bits per heavy atom. The van der Waals surface area contributed by atoms with E-state index >= 15 is 0 Å². The zero-order valence-corrected chi connectivity index (χ0v) is 19.3. The van der Waals surface area contributed by atoms with Crippen molar-refractivity contribution in [2.45, 2.75) is 68.4 Å². The summed E-state index contributed by atoms with van der Waals surface area (Å²) in [6, 6.07) is 9.19. The molecule has 0 nitrogen and oxygen atoms in total. The van der Waals surface area contributed by atoms with Crippen molar-refractivity contribution in [2.75, 3.05) is 0 Å². The van der Waals surface area contributed by atoms with Gasteiger partial charge in [0.05, 0.1) is 0 Å². The molecule has 3 unspecified atom stereocenters. The molecule has 1 aromatic carbocycles. The summed E-state index contributed by atoms with van der Waals surface area (Å²) in [5.41, 5.74) is 6.54. The van der Waals surface area contributed by atoms with Crippen molar-refractivity contribution in [3.05, 3.63) is 64.8 Å². The molecule has 0 amide bonds. The second-order valence-electron chi connectivity index (χ2n) is 8.88. The molecule has 138 valence electrons. The minimum atomic E-state index is -1.98. The van der Waals surface area contributed by atoms with Crippen LogP contribution in [0.1, 0.15) is 63.5 Å². The number of hydrogen-bond donors (Lipinski definition) is 0. The van der Waals surface area contributed by atoms with Gasteiger partial charge in [-0.25, -0.2) is 0 Å². The van der Waals surface area contributed by atoms with E-state index in [0.29, 0.717) is 5.92 Å². The van der Waals surface area contributed by atoms with Crippen molar-refractivity contribution in [3.8, 4) is 0 Å². The molecule has 1 saturated heterocycles. The first-order valence-corrected chi connectivity index (χ1v) is 17.5. The molecule has 3 aliphatic rings. The standard InChI is InChI=1S/C19H21.C4H9.C2H4.Zr/c1-3-16(13-15-8-4-5-9-15)19-14(2)12-17-10-6-7-11-18(17)19;1-3-4-2;1-2;/h4-8,10-13,16,19H,3,9H2,1-2H3;1,3-4H2,2H3;1-2H2;. The van der Waals surface area contributed by atoms with E-state index in [-0.39, 0.29) is 0 Å². The molecule has 0 aromatic heterocycles. The molecule has 1 aromatic rings. The van der Waals surface area contributed by atoms with Crippen LogP contribution in [0.3, 0.4) is 0 Å². The summed E-state index contributed by atoms with van der Waals surface area (Å²) in [4.78, 5) is 0. The van der Waals surface area contributed by atoms with E-state index in [1.165, 1.54) is 31.2 Å². The molecule has 4 rings (SSSR count). The van der Waals surface area contributed by atoms with Gasteiger partial charge in [-0.05, 0) is 0 Å². The Balaban J connectivity index is 1.71. The van der Waals surface area contributed by atoms with Gasteiger partial charge in [-0.2, -0.15) is 0 Å². The van der Waals surface area contributed by atoms with Crippen LogP contribution < -0.4 is 0 Å². The van der Waals surface area contributed by atoms with Gasteiger partial charge >= 0.3 is 165 Å². The molecule has 0 bridgehead atoms. The summed E-state index contributed by atoms with van der Waals surface area (Å²) in [7, 11) is 0. The molecular formula is C25H34Zr. The van der Waals surface area contributed by atoms with Crippen LogP contribution in [-0.4, -0.2) is 0 Å². The van der Waals surface area contributed by atoms with Crippen molar-refractivity contribution in [1.82, 2.24) is 0 Å². The van der Waals surface area contributed by atoms with Crippen LogP contribution in [0, 0.1) is 5.92 Å². The SMILES string of the molecule is CCC[CH2][Zr]1([CH](C2=CC=CC2)C(CC)C2C(C)=Cc3ccccc32)[CH2][CH2]1. The molecule has 0 radical (unpaired) electrons. The van der Waals surface area contributed by atoms with Crippen molar-refractivity contribution >= 4 is 6.08 Å². The Bertz CT molecular complexity index is 747. The average Bonchev–Trinajstić information content (AvgIpc) is 3.08. The quantitative estimate of drug-likeness (QED) is 0.394. The zero-order chi connectivity index (χ0) is 18.1. The van der Waals surface area contributed by atoms with Gasteiger partial charge in [-0.3, -0.25) is 0 Å². The summed E-state index contributed by atoms with van der Waals surface area (Å²) >= 11 is -1.98. The second-order valence-corrected chi connectivity index (χ2v) is 20.8. The molecule has 26 heavy (non-hydrogen) atoms. The second kappa shape index (κ2) is 7.75. The van der Waals surface area contributed by atoms with Gasteiger partial charge in [0.1, 0.15) is 0 Å². The third kappa shape index (κ3) is 3.30. The Hall–Kier alpha value is -0.677. The van der Waals surface area contributed by atoms with Gasteiger partial charge in [0.2, 0.25) is 0 Å². The van der Waals surface area contributed by atoms with E-state index in [1.54, 1.807) is 23.5 Å². The van der Waals surface area contributed by atoms with Gasteiger partial charge in [-0.1, -0.05) is 0 Å². The Morgan fingerprint density at radius 3 is 2.62 bits per heavy atom. The van der Waals surface area contributed by atoms with E-state index in [1.807, 2.05) is 5.57 Å². The number of unbranched alkanes of at least 4 members (excludes halogenated alkanes) is 1. The van der Waals surface area contributed by atoms with E-state index < -0.39 is 20.3 Å². The molecule has 2 aliphatic carbocycles. The van der Waals surface area contributed by atoms with Gasteiger partial charge < -0.3 is 0 Å². The van der Waals surface area contributed by atoms with Crippen LogP contribution in [0.5, 0.6) is 0 Å². The van der Waals surface area contributed by atoms with E-state index in [2.05, 4.69) is 69.3 Å². The molecule has 1 heteroatoms. The number of fused-ring (bicyclic) bond motifs is 1. The normalized spacial score (nSPS) is 24.8. The Morgan fingerprint density at radius 1 is 1.15 bits per heavy atom. The molecule has 0 N–H and O–H groups in total. The molecule has 1 fully saturated rings. The van der Waals surface area contributed by atoms with Crippen molar-refractivity contribution in [3.63, 3.8) is 0 Å². The Labute approximate surface area is 164 Å². The summed E-state index contributed by atoms with van der Waals surface area (Å²) in [5.74, 6) is 1.50. The maximum absolute atomic E-state index is 2.51. The van der Waals surface area contributed by atoms with Gasteiger partial charge in [0.15, 0.2) is 0 Å². The average molecular weight is 426 g/mol. The predicted octanol–water partition coefficient (Wildman–Crippen LogP) is 8.11. The minimum absolute atomic E-state index is 0.665. The van der Waals surface area contributed by atoms with Crippen LogP contribution in [0.15, 0.2) is 53.6 Å². The fraction of sp³-hybridized carbons (Fsp3) is 0.520. The van der Waals surface area contributed by atoms with E-state index in [9.17, 15) is 0 Å². The molecule has 3 atom stereocenters. The fourth-order valence-electron chi connectivity index (χ4n) is 5.96. The maximum atomic E-state index is 2.51. The van der Waals surface area contributed by atoms with Gasteiger partial charge in [-0.15, -0.1) is 0 Å². The number of hydrogen-bond acceptors (Lipinski definition) is 0. The molecule has 0 spiro atoms. The van der Waals surface area contributed by atoms with Gasteiger partial charge in [0.25, 0.3) is 0 Å². The fourth-order valence-corrected chi connectivity index (χ4v) is 23.3. The monoisotopic (exact) mass is 424 g/mol.